The molecule has 2 aromatic rings. The minimum absolute atomic E-state index is 0.0258. The zero-order valence-corrected chi connectivity index (χ0v) is 18.5. The molecule has 5 nitrogen and oxygen atoms in total. The quantitative estimate of drug-likeness (QED) is 0.438. The van der Waals surface area contributed by atoms with Gasteiger partial charge in [0, 0.05) is 12.1 Å². The molecule has 1 aliphatic heterocycles. The van der Waals surface area contributed by atoms with Gasteiger partial charge >= 0.3 is 6.18 Å². The molecule has 0 N–H and O–H groups in total. The summed E-state index contributed by atoms with van der Waals surface area (Å²) in [4.78, 5) is 16.2. The predicted molar refractivity (Wildman–Crippen MR) is 110 cm³/mol. The highest BCUT2D eigenvalue weighted by Crippen LogP contribution is 2.42. The fourth-order valence-corrected chi connectivity index (χ4v) is 6.52. The third-order valence-corrected chi connectivity index (χ3v) is 8.46. The Balaban J connectivity index is 1.61. The molecule has 2 heterocycles. The highest BCUT2D eigenvalue weighted by Gasteiger charge is 2.50. The van der Waals surface area contributed by atoms with Crippen LogP contribution in [0.25, 0.3) is 11.1 Å². The van der Waals surface area contributed by atoms with Crippen molar-refractivity contribution in [2.45, 2.75) is 41.5 Å². The first-order valence-corrected chi connectivity index (χ1v) is 11.9. The molecule has 1 saturated carbocycles. The molecule has 1 aromatic carbocycles. The normalized spacial score (nSPS) is 22.8. The maximum Gasteiger partial charge on any atom is 0.417 e. The van der Waals surface area contributed by atoms with E-state index in [1.165, 1.54) is 24.4 Å². The van der Waals surface area contributed by atoms with Crippen LogP contribution in [0.4, 0.5) is 22.0 Å². The van der Waals surface area contributed by atoms with E-state index in [4.69, 9.17) is 11.6 Å². The Morgan fingerprint density at radius 2 is 1.76 bits per heavy atom. The van der Waals surface area contributed by atoms with Gasteiger partial charge in [-0.1, -0.05) is 17.7 Å². The Kier molecular flexibility index (Phi) is 5.93. The second-order valence-corrected chi connectivity index (χ2v) is 10.9. The van der Waals surface area contributed by atoms with Gasteiger partial charge in [-0.15, -0.1) is 0 Å². The van der Waals surface area contributed by atoms with Crippen molar-refractivity contribution in [3.8, 4) is 11.1 Å². The molecule has 4 rings (SSSR count). The van der Waals surface area contributed by atoms with Gasteiger partial charge < -0.3 is 4.90 Å². The smallest absolute Gasteiger partial charge is 0.330 e. The van der Waals surface area contributed by atoms with E-state index in [1.807, 2.05) is 0 Å². The van der Waals surface area contributed by atoms with Crippen LogP contribution < -0.4 is 0 Å². The number of carbonyl (C=O) groups is 1. The van der Waals surface area contributed by atoms with E-state index in [2.05, 4.69) is 4.98 Å². The number of benzene rings is 1. The first-order chi connectivity index (χ1) is 15.3. The van der Waals surface area contributed by atoms with Crippen LogP contribution in [0.3, 0.4) is 0 Å². The number of hydrogen-bond acceptors (Lipinski definition) is 4. The van der Waals surface area contributed by atoms with Crippen molar-refractivity contribution in [2.24, 2.45) is 5.92 Å². The fraction of sp³-hybridized carbons (Fsp3) is 0.429. The van der Waals surface area contributed by atoms with Crippen molar-refractivity contribution in [1.82, 2.24) is 9.88 Å². The van der Waals surface area contributed by atoms with Crippen LogP contribution >= 0.6 is 11.6 Å². The van der Waals surface area contributed by atoms with Gasteiger partial charge in [0.2, 0.25) is 5.91 Å². The maximum absolute atomic E-state index is 13.8. The Bertz CT molecular complexity index is 1190. The number of pyridine rings is 1. The molecule has 178 valence electrons. The van der Waals surface area contributed by atoms with Crippen molar-refractivity contribution >= 4 is 27.3 Å². The summed E-state index contributed by atoms with van der Waals surface area (Å²) < 4.78 is 93.9. The highest BCUT2D eigenvalue weighted by atomic mass is 35.5. The van der Waals surface area contributed by atoms with Gasteiger partial charge in [-0.25, -0.2) is 22.2 Å². The van der Waals surface area contributed by atoms with Gasteiger partial charge in [-0.3, -0.25) is 4.79 Å². The number of amides is 1. The first-order valence-electron chi connectivity index (χ1n) is 10.0. The Labute approximate surface area is 191 Å². The third kappa shape index (κ3) is 4.70. The SMILES string of the molecule is O=C([C@@H]1CC[C@@H](S(=O)(=O)c2ccc(-c3ccnc(Cl)c3)cc2C(F)(F)F)C1)N1CC(F)(F)C1. The van der Waals surface area contributed by atoms with Crippen LogP contribution in [0, 0.1) is 5.92 Å². The number of nitrogens with zero attached hydrogens (tertiary/aromatic N) is 2. The molecule has 1 saturated heterocycles. The third-order valence-electron chi connectivity index (χ3n) is 5.98. The monoisotopic (exact) mass is 508 g/mol. The van der Waals surface area contributed by atoms with Crippen LogP contribution in [-0.4, -0.2) is 48.5 Å². The van der Waals surface area contributed by atoms with Crippen LogP contribution in [0.2, 0.25) is 5.15 Å². The topological polar surface area (TPSA) is 67.3 Å². The van der Waals surface area contributed by atoms with E-state index in [0.29, 0.717) is 5.56 Å². The summed E-state index contributed by atoms with van der Waals surface area (Å²) in [6, 6.07) is 5.72. The van der Waals surface area contributed by atoms with Crippen molar-refractivity contribution in [2.75, 3.05) is 13.1 Å². The maximum atomic E-state index is 13.8. The molecule has 2 aliphatic rings. The van der Waals surface area contributed by atoms with Crippen LogP contribution in [0.15, 0.2) is 41.4 Å². The molecule has 2 fully saturated rings. The summed E-state index contributed by atoms with van der Waals surface area (Å²) in [6.45, 7) is -1.45. The number of rotatable bonds is 4. The summed E-state index contributed by atoms with van der Waals surface area (Å²) in [6.07, 6.45) is -3.75. The number of carbonyl (C=O) groups excluding carboxylic acids is 1. The van der Waals surface area contributed by atoms with Crippen LogP contribution in [0.5, 0.6) is 0 Å². The van der Waals surface area contributed by atoms with Gasteiger partial charge in [0.1, 0.15) is 5.15 Å². The molecule has 2 atom stereocenters. The molecule has 1 amide bonds. The zero-order valence-electron chi connectivity index (χ0n) is 16.9. The lowest BCUT2D eigenvalue weighted by Crippen LogP contribution is -2.59. The second kappa shape index (κ2) is 8.19. The van der Waals surface area contributed by atoms with Crippen molar-refractivity contribution in [3.63, 3.8) is 0 Å². The van der Waals surface area contributed by atoms with Crippen molar-refractivity contribution in [1.29, 1.82) is 0 Å². The number of aromatic nitrogens is 1. The van der Waals surface area contributed by atoms with Gasteiger partial charge in [0.15, 0.2) is 9.84 Å². The zero-order chi connectivity index (χ0) is 24.2. The van der Waals surface area contributed by atoms with Gasteiger partial charge in [-0.05, 0) is 54.7 Å². The molecule has 1 aromatic heterocycles. The standard InChI is InChI=1S/C21H18ClF5N2O3S/c22-18-9-13(5-6-28-18)12-2-4-17(16(8-12)21(25,26)27)33(31,32)15-3-1-14(7-15)19(30)29-10-20(23,24)11-29/h2,4-6,8-9,14-15H,1,3,7,10-11H2/t14-,15-/m1/s1. The van der Waals surface area contributed by atoms with Gasteiger partial charge in [0.05, 0.1) is 28.8 Å². The Morgan fingerprint density at radius 1 is 1.09 bits per heavy atom. The van der Waals surface area contributed by atoms with Crippen LogP contribution in [-0.2, 0) is 20.8 Å². The molecular weight excluding hydrogens is 491 g/mol. The van der Waals surface area contributed by atoms with E-state index in [-0.39, 0.29) is 30.0 Å². The highest BCUT2D eigenvalue weighted by molar-refractivity contribution is 7.92. The Hall–Kier alpha value is -2.27. The summed E-state index contributed by atoms with van der Waals surface area (Å²) in [7, 11) is -4.44. The minimum atomic E-state index is -4.95. The molecule has 33 heavy (non-hydrogen) atoms. The predicted octanol–water partition coefficient (Wildman–Crippen LogP) is 4.84. The molecule has 1 aliphatic carbocycles. The van der Waals surface area contributed by atoms with Gasteiger partial charge in [0.25, 0.3) is 5.92 Å². The molecular formula is C21H18ClF5N2O3S. The summed E-state index contributed by atoms with van der Waals surface area (Å²) >= 11 is 5.80. The molecule has 0 radical (unpaired) electrons. The van der Waals surface area contributed by atoms with E-state index in [1.54, 1.807) is 0 Å². The number of hydrogen-bond donors (Lipinski definition) is 0. The second-order valence-electron chi connectivity index (χ2n) is 8.30. The van der Waals surface area contributed by atoms with E-state index in [9.17, 15) is 35.2 Å². The molecule has 12 heteroatoms. The lowest BCUT2D eigenvalue weighted by molar-refractivity contribution is -0.169. The minimum Gasteiger partial charge on any atom is -0.330 e. The fourth-order valence-electron chi connectivity index (χ4n) is 4.31. The van der Waals surface area contributed by atoms with E-state index in [0.717, 1.165) is 17.0 Å². The number of halogens is 6. The largest absolute Gasteiger partial charge is 0.417 e. The van der Waals surface area contributed by atoms with Gasteiger partial charge in [-0.2, -0.15) is 13.2 Å². The summed E-state index contributed by atoms with van der Waals surface area (Å²) in [5.41, 5.74) is -0.865. The average molecular weight is 509 g/mol. The lowest BCUT2D eigenvalue weighted by Gasteiger charge is -2.40. The summed E-state index contributed by atoms with van der Waals surface area (Å²) in [5, 5.41) is -1.14. The number of alkyl halides is 5. The molecule has 0 bridgehead atoms. The first kappa shape index (κ1) is 23.9. The lowest BCUT2D eigenvalue weighted by atomic mass is 10.0. The van der Waals surface area contributed by atoms with Crippen LogP contribution in [0.1, 0.15) is 24.8 Å². The number of likely N-dealkylation sites (tertiary alicyclic amines) is 1. The number of sulfone groups is 1. The molecule has 0 unspecified atom stereocenters. The average Bonchev–Trinajstić information content (AvgIpc) is 3.21. The van der Waals surface area contributed by atoms with E-state index < -0.39 is 62.6 Å². The van der Waals surface area contributed by atoms with Crippen molar-refractivity contribution in [3.05, 3.63) is 47.2 Å². The van der Waals surface area contributed by atoms with E-state index >= 15 is 0 Å². The summed E-state index contributed by atoms with van der Waals surface area (Å²) in [5.74, 6) is -4.35. The Morgan fingerprint density at radius 3 is 2.36 bits per heavy atom. The van der Waals surface area contributed by atoms with Crippen molar-refractivity contribution < 1.29 is 35.2 Å². The molecule has 0 spiro atoms.